The lowest BCUT2D eigenvalue weighted by molar-refractivity contribution is 0.0678. The average Bonchev–Trinajstić information content (AvgIpc) is 2.32. The molecule has 0 saturated carbocycles. The van der Waals surface area contributed by atoms with Crippen LogP contribution in [0.3, 0.4) is 0 Å². The van der Waals surface area contributed by atoms with E-state index in [0.717, 1.165) is 6.54 Å². The van der Waals surface area contributed by atoms with Crippen LogP contribution in [0.5, 0.6) is 5.75 Å². The third-order valence-corrected chi connectivity index (χ3v) is 3.30. The molecule has 1 unspecified atom stereocenters. The first-order valence-electron chi connectivity index (χ1n) is 6.62. The van der Waals surface area contributed by atoms with Crippen LogP contribution in [0.2, 0.25) is 0 Å². The van der Waals surface area contributed by atoms with Crippen LogP contribution in [0.25, 0.3) is 0 Å². The number of rotatable bonds is 5. The number of benzene rings is 1. The minimum atomic E-state index is -0.0229. The van der Waals surface area contributed by atoms with Crippen LogP contribution in [0.4, 0.5) is 0 Å². The second kappa shape index (κ2) is 6.57. The van der Waals surface area contributed by atoms with Crippen molar-refractivity contribution in [3.05, 3.63) is 29.3 Å². The average molecular weight is 264 g/mol. The van der Waals surface area contributed by atoms with Crippen LogP contribution in [0.15, 0.2) is 18.2 Å². The molecule has 0 heterocycles. The summed E-state index contributed by atoms with van der Waals surface area (Å²) in [5.74, 6) is 0.146. The third kappa shape index (κ3) is 3.70. The molecule has 0 aliphatic carbocycles. The Bertz CT molecular complexity index is 444. The van der Waals surface area contributed by atoms with Crippen molar-refractivity contribution >= 4 is 5.91 Å². The van der Waals surface area contributed by atoms with E-state index in [2.05, 4.69) is 4.90 Å². The SMILES string of the molecule is CCN(C(=O)c1cccc(O)c1C)C(C)CN(C)C. The van der Waals surface area contributed by atoms with Crippen molar-refractivity contribution in [3.8, 4) is 5.75 Å². The molecule has 1 aromatic rings. The fourth-order valence-corrected chi connectivity index (χ4v) is 2.29. The van der Waals surface area contributed by atoms with Crippen molar-refractivity contribution in [2.24, 2.45) is 0 Å². The minimum absolute atomic E-state index is 0.0229. The fourth-order valence-electron chi connectivity index (χ4n) is 2.29. The van der Waals surface area contributed by atoms with Crippen LogP contribution >= 0.6 is 0 Å². The fraction of sp³-hybridized carbons (Fsp3) is 0.533. The van der Waals surface area contributed by atoms with Crippen molar-refractivity contribution in [1.29, 1.82) is 0 Å². The largest absolute Gasteiger partial charge is 0.508 e. The number of hydrogen-bond acceptors (Lipinski definition) is 3. The van der Waals surface area contributed by atoms with Gasteiger partial charge in [0.25, 0.3) is 5.91 Å². The number of carbonyl (C=O) groups is 1. The molecular formula is C15H24N2O2. The number of phenols is 1. The third-order valence-electron chi connectivity index (χ3n) is 3.30. The highest BCUT2D eigenvalue weighted by molar-refractivity contribution is 5.96. The first kappa shape index (κ1) is 15.5. The number of likely N-dealkylation sites (N-methyl/N-ethyl adjacent to an activating group) is 2. The molecule has 0 aliphatic rings. The minimum Gasteiger partial charge on any atom is -0.508 e. The van der Waals surface area contributed by atoms with Gasteiger partial charge in [-0.3, -0.25) is 4.79 Å². The summed E-state index contributed by atoms with van der Waals surface area (Å²) in [5, 5.41) is 9.71. The number of aromatic hydroxyl groups is 1. The number of amides is 1. The van der Waals surface area contributed by atoms with E-state index in [9.17, 15) is 9.90 Å². The number of carbonyl (C=O) groups excluding carboxylic acids is 1. The maximum Gasteiger partial charge on any atom is 0.254 e. The Hall–Kier alpha value is -1.55. The second-order valence-electron chi connectivity index (χ2n) is 5.15. The highest BCUT2D eigenvalue weighted by Crippen LogP contribution is 2.21. The van der Waals surface area contributed by atoms with Gasteiger partial charge >= 0.3 is 0 Å². The van der Waals surface area contributed by atoms with Crippen molar-refractivity contribution in [3.63, 3.8) is 0 Å². The zero-order valence-electron chi connectivity index (χ0n) is 12.5. The Morgan fingerprint density at radius 3 is 2.53 bits per heavy atom. The van der Waals surface area contributed by atoms with Crippen LogP contribution in [-0.2, 0) is 0 Å². The van der Waals surface area contributed by atoms with E-state index < -0.39 is 0 Å². The molecule has 0 aliphatic heterocycles. The molecule has 1 atom stereocenters. The predicted octanol–water partition coefficient (Wildman–Crippen LogP) is 2.11. The lowest BCUT2D eigenvalue weighted by Crippen LogP contribution is -2.43. The topological polar surface area (TPSA) is 43.8 Å². The molecule has 1 rings (SSSR count). The maximum atomic E-state index is 12.6. The highest BCUT2D eigenvalue weighted by Gasteiger charge is 2.22. The summed E-state index contributed by atoms with van der Waals surface area (Å²) in [6.07, 6.45) is 0. The molecule has 0 saturated heterocycles. The smallest absolute Gasteiger partial charge is 0.254 e. The monoisotopic (exact) mass is 264 g/mol. The van der Waals surface area contributed by atoms with Gasteiger partial charge in [-0.2, -0.15) is 0 Å². The maximum absolute atomic E-state index is 12.6. The molecule has 106 valence electrons. The van der Waals surface area contributed by atoms with E-state index in [1.807, 2.05) is 32.8 Å². The molecule has 0 aromatic heterocycles. The van der Waals surface area contributed by atoms with Gasteiger partial charge in [0.2, 0.25) is 0 Å². The summed E-state index contributed by atoms with van der Waals surface area (Å²) >= 11 is 0. The lowest BCUT2D eigenvalue weighted by Gasteiger charge is -2.30. The Labute approximate surface area is 115 Å². The van der Waals surface area contributed by atoms with E-state index in [-0.39, 0.29) is 17.7 Å². The Morgan fingerprint density at radius 1 is 1.37 bits per heavy atom. The lowest BCUT2D eigenvalue weighted by atomic mass is 10.1. The molecule has 19 heavy (non-hydrogen) atoms. The van der Waals surface area contributed by atoms with Crippen molar-refractivity contribution in [1.82, 2.24) is 9.80 Å². The first-order chi connectivity index (χ1) is 8.88. The summed E-state index contributed by atoms with van der Waals surface area (Å²) in [7, 11) is 3.99. The van der Waals surface area contributed by atoms with Crippen molar-refractivity contribution < 1.29 is 9.90 Å². The van der Waals surface area contributed by atoms with Gasteiger partial charge in [0.15, 0.2) is 0 Å². The zero-order chi connectivity index (χ0) is 14.6. The number of nitrogens with zero attached hydrogens (tertiary/aromatic N) is 2. The van der Waals surface area contributed by atoms with E-state index in [4.69, 9.17) is 0 Å². The van der Waals surface area contributed by atoms with Crippen molar-refractivity contribution in [2.45, 2.75) is 26.8 Å². The van der Waals surface area contributed by atoms with Crippen LogP contribution in [0.1, 0.15) is 29.8 Å². The van der Waals surface area contributed by atoms with Gasteiger partial charge in [0.1, 0.15) is 5.75 Å². The normalized spacial score (nSPS) is 12.5. The molecule has 1 aromatic carbocycles. The van der Waals surface area contributed by atoms with Gasteiger partial charge in [-0.15, -0.1) is 0 Å². The predicted molar refractivity (Wildman–Crippen MR) is 77.6 cm³/mol. The molecule has 0 bridgehead atoms. The quantitative estimate of drug-likeness (QED) is 0.886. The van der Waals surface area contributed by atoms with Crippen LogP contribution in [-0.4, -0.2) is 54.0 Å². The van der Waals surface area contributed by atoms with Crippen molar-refractivity contribution in [2.75, 3.05) is 27.2 Å². The summed E-state index contributed by atoms with van der Waals surface area (Å²) < 4.78 is 0. The molecule has 0 spiro atoms. The molecule has 0 radical (unpaired) electrons. The van der Waals surface area contributed by atoms with Gasteiger partial charge < -0.3 is 14.9 Å². The summed E-state index contributed by atoms with van der Waals surface area (Å²) in [5.41, 5.74) is 1.22. The summed E-state index contributed by atoms with van der Waals surface area (Å²) in [6, 6.07) is 5.21. The van der Waals surface area contributed by atoms with E-state index in [1.54, 1.807) is 25.1 Å². The molecule has 1 amide bonds. The second-order valence-corrected chi connectivity index (χ2v) is 5.15. The molecular weight excluding hydrogens is 240 g/mol. The molecule has 1 N–H and O–H groups in total. The number of hydrogen-bond donors (Lipinski definition) is 1. The highest BCUT2D eigenvalue weighted by atomic mass is 16.3. The first-order valence-corrected chi connectivity index (χ1v) is 6.62. The summed E-state index contributed by atoms with van der Waals surface area (Å²) in [4.78, 5) is 16.5. The Kier molecular flexibility index (Phi) is 5.36. The van der Waals surface area contributed by atoms with Gasteiger partial charge in [0, 0.05) is 30.3 Å². The van der Waals surface area contributed by atoms with E-state index >= 15 is 0 Å². The molecule has 4 heteroatoms. The summed E-state index contributed by atoms with van der Waals surface area (Å²) in [6.45, 7) is 7.26. The Balaban J connectivity index is 2.98. The molecule has 4 nitrogen and oxygen atoms in total. The van der Waals surface area contributed by atoms with Crippen LogP contribution < -0.4 is 0 Å². The Morgan fingerprint density at radius 2 is 2.00 bits per heavy atom. The standard InChI is InChI=1S/C15H24N2O2/c1-6-17(11(2)10-16(4)5)15(19)13-8-7-9-14(18)12(13)3/h7-9,11,18H,6,10H2,1-5H3. The van der Waals surface area contributed by atoms with Gasteiger partial charge in [0.05, 0.1) is 0 Å². The molecule has 0 fully saturated rings. The van der Waals surface area contributed by atoms with Crippen LogP contribution in [0, 0.1) is 6.92 Å². The zero-order valence-corrected chi connectivity index (χ0v) is 12.5. The van der Waals surface area contributed by atoms with Gasteiger partial charge in [-0.05, 0) is 47.0 Å². The van der Waals surface area contributed by atoms with Gasteiger partial charge in [-0.25, -0.2) is 0 Å². The number of phenolic OH excluding ortho intramolecular Hbond substituents is 1. The van der Waals surface area contributed by atoms with E-state index in [1.165, 1.54) is 0 Å². The van der Waals surface area contributed by atoms with E-state index in [0.29, 0.717) is 17.7 Å². The van der Waals surface area contributed by atoms with Gasteiger partial charge in [-0.1, -0.05) is 6.07 Å².